The highest BCUT2D eigenvalue weighted by molar-refractivity contribution is 5.99. The summed E-state index contributed by atoms with van der Waals surface area (Å²) in [4.78, 5) is 48.5. The first kappa shape index (κ1) is 23.9. The Morgan fingerprint density at radius 3 is 1.69 bits per heavy atom. The lowest BCUT2D eigenvalue weighted by Gasteiger charge is -2.27. The molecule has 1 rings (SSSR count). The fourth-order valence-corrected chi connectivity index (χ4v) is 2.54. The minimum absolute atomic E-state index is 0.174. The van der Waals surface area contributed by atoms with Crippen LogP contribution in [0.5, 0.6) is 0 Å². The molecular weight excluding hydrogens is 399 g/mol. The summed E-state index contributed by atoms with van der Waals surface area (Å²) < 4.78 is 51.6. The second-order valence-corrected chi connectivity index (χ2v) is 5.93. The standard InChI is InChI=1S/C18H20F3NO7/c1-9(12(15(24)27-2)16(25)28-3)13(17(26)29-4)22-14(23)10-5-7-11(8-6-10)18(19,20)21/h5-9,12-13H,1-4H3,(H,22,23)/t9-,13+/m0/s1. The smallest absolute Gasteiger partial charge is 0.416 e. The largest absolute Gasteiger partial charge is 0.468 e. The number of carbonyl (C=O) groups excluding carboxylic acids is 4. The molecular formula is C18H20F3NO7. The Balaban J connectivity index is 3.15. The van der Waals surface area contributed by atoms with Crippen LogP contribution in [-0.2, 0) is 34.8 Å². The highest BCUT2D eigenvalue weighted by atomic mass is 19.4. The predicted octanol–water partition coefficient (Wildman–Crippen LogP) is 1.58. The van der Waals surface area contributed by atoms with Crippen LogP contribution in [0.25, 0.3) is 0 Å². The van der Waals surface area contributed by atoms with Gasteiger partial charge < -0.3 is 19.5 Å². The molecule has 0 bridgehead atoms. The van der Waals surface area contributed by atoms with E-state index in [1.54, 1.807) is 0 Å². The van der Waals surface area contributed by atoms with Gasteiger partial charge in [-0.1, -0.05) is 6.92 Å². The summed E-state index contributed by atoms with van der Waals surface area (Å²) in [7, 11) is 3.08. The summed E-state index contributed by atoms with van der Waals surface area (Å²) in [5.74, 6) is -6.59. The van der Waals surface area contributed by atoms with Crippen LogP contribution in [0.1, 0.15) is 22.8 Å². The third-order valence-electron chi connectivity index (χ3n) is 4.18. The molecule has 0 aliphatic rings. The van der Waals surface area contributed by atoms with Gasteiger partial charge in [-0.2, -0.15) is 13.2 Å². The zero-order chi connectivity index (χ0) is 22.4. The molecule has 29 heavy (non-hydrogen) atoms. The number of benzene rings is 1. The van der Waals surface area contributed by atoms with Crippen LogP contribution < -0.4 is 5.32 Å². The van der Waals surface area contributed by atoms with Crippen molar-refractivity contribution in [3.05, 3.63) is 35.4 Å². The Morgan fingerprint density at radius 1 is 0.862 bits per heavy atom. The molecule has 1 aromatic rings. The molecule has 8 nitrogen and oxygen atoms in total. The molecule has 1 N–H and O–H groups in total. The fraction of sp³-hybridized carbons (Fsp3) is 0.444. The molecule has 11 heteroatoms. The number of amides is 1. The maximum Gasteiger partial charge on any atom is 0.416 e. The third kappa shape index (κ3) is 5.93. The van der Waals surface area contributed by atoms with Crippen molar-refractivity contribution in [3.63, 3.8) is 0 Å². The Kier molecular flexibility index (Phi) is 8.16. The molecule has 0 spiro atoms. The quantitative estimate of drug-likeness (QED) is 0.406. The van der Waals surface area contributed by atoms with Crippen molar-refractivity contribution in [1.82, 2.24) is 5.32 Å². The van der Waals surface area contributed by atoms with E-state index in [-0.39, 0.29) is 5.56 Å². The van der Waals surface area contributed by atoms with Gasteiger partial charge in [0.15, 0.2) is 5.92 Å². The summed E-state index contributed by atoms with van der Waals surface area (Å²) in [6, 6.07) is 1.77. The van der Waals surface area contributed by atoms with Crippen LogP contribution in [0.2, 0.25) is 0 Å². The number of rotatable bonds is 7. The molecule has 0 aliphatic heterocycles. The predicted molar refractivity (Wildman–Crippen MR) is 91.4 cm³/mol. The minimum Gasteiger partial charge on any atom is -0.468 e. The lowest BCUT2D eigenvalue weighted by molar-refractivity contribution is -0.163. The summed E-state index contributed by atoms with van der Waals surface area (Å²) >= 11 is 0. The van der Waals surface area contributed by atoms with E-state index in [9.17, 15) is 32.3 Å². The van der Waals surface area contributed by atoms with Gasteiger partial charge in [0.25, 0.3) is 5.91 Å². The Hall–Kier alpha value is -3.11. The van der Waals surface area contributed by atoms with Crippen molar-refractivity contribution in [2.75, 3.05) is 21.3 Å². The van der Waals surface area contributed by atoms with Crippen LogP contribution in [0, 0.1) is 11.8 Å². The maximum absolute atomic E-state index is 12.6. The molecule has 0 fully saturated rings. The van der Waals surface area contributed by atoms with Gasteiger partial charge in [-0.15, -0.1) is 0 Å². The highest BCUT2D eigenvalue weighted by Crippen LogP contribution is 2.29. The Labute approximate surface area is 164 Å². The molecule has 0 heterocycles. The van der Waals surface area contributed by atoms with E-state index in [1.165, 1.54) is 6.92 Å². The fourth-order valence-electron chi connectivity index (χ4n) is 2.54. The van der Waals surface area contributed by atoms with Crippen LogP contribution in [0.3, 0.4) is 0 Å². The number of nitrogens with one attached hydrogen (secondary N) is 1. The topological polar surface area (TPSA) is 108 Å². The lowest BCUT2D eigenvalue weighted by Crippen LogP contribution is -2.51. The monoisotopic (exact) mass is 419 g/mol. The Morgan fingerprint density at radius 2 is 1.31 bits per heavy atom. The number of ether oxygens (including phenoxy) is 3. The number of methoxy groups -OCH3 is 3. The maximum atomic E-state index is 12.6. The van der Waals surface area contributed by atoms with Gasteiger partial charge in [0, 0.05) is 11.5 Å². The van der Waals surface area contributed by atoms with Gasteiger partial charge >= 0.3 is 24.1 Å². The van der Waals surface area contributed by atoms with Gasteiger partial charge in [-0.25, -0.2) is 4.79 Å². The van der Waals surface area contributed by atoms with E-state index < -0.39 is 53.4 Å². The van der Waals surface area contributed by atoms with Crippen molar-refractivity contribution in [3.8, 4) is 0 Å². The van der Waals surface area contributed by atoms with E-state index in [1.807, 2.05) is 0 Å². The number of esters is 3. The molecule has 0 aliphatic carbocycles. The number of hydrogen-bond donors (Lipinski definition) is 1. The second kappa shape index (κ2) is 9.89. The van der Waals surface area contributed by atoms with E-state index in [4.69, 9.17) is 0 Å². The molecule has 1 aromatic carbocycles. The minimum atomic E-state index is -4.58. The average Bonchev–Trinajstić information content (AvgIpc) is 2.70. The van der Waals surface area contributed by atoms with E-state index in [0.29, 0.717) is 12.1 Å². The molecule has 160 valence electrons. The first-order chi connectivity index (χ1) is 13.5. The van der Waals surface area contributed by atoms with Gasteiger partial charge in [0.1, 0.15) is 6.04 Å². The number of hydrogen-bond acceptors (Lipinski definition) is 7. The normalized spacial score (nSPS) is 13.2. The molecule has 0 aromatic heterocycles. The van der Waals surface area contributed by atoms with E-state index in [2.05, 4.69) is 19.5 Å². The molecule has 1 amide bonds. The molecule has 0 saturated carbocycles. The van der Waals surface area contributed by atoms with Crippen LogP contribution in [0.4, 0.5) is 13.2 Å². The summed E-state index contributed by atoms with van der Waals surface area (Å²) in [6.07, 6.45) is -4.58. The third-order valence-corrected chi connectivity index (χ3v) is 4.18. The highest BCUT2D eigenvalue weighted by Gasteiger charge is 2.42. The molecule has 2 atom stereocenters. The van der Waals surface area contributed by atoms with Crippen molar-refractivity contribution >= 4 is 23.8 Å². The van der Waals surface area contributed by atoms with E-state index >= 15 is 0 Å². The van der Waals surface area contributed by atoms with Crippen LogP contribution in [-0.4, -0.2) is 51.2 Å². The van der Waals surface area contributed by atoms with Crippen LogP contribution >= 0.6 is 0 Å². The molecule has 0 saturated heterocycles. The van der Waals surface area contributed by atoms with Crippen molar-refractivity contribution < 1.29 is 46.6 Å². The number of halogens is 3. The lowest BCUT2D eigenvalue weighted by atomic mass is 9.87. The van der Waals surface area contributed by atoms with Crippen molar-refractivity contribution in [2.24, 2.45) is 11.8 Å². The van der Waals surface area contributed by atoms with Crippen molar-refractivity contribution in [2.45, 2.75) is 19.1 Å². The van der Waals surface area contributed by atoms with Gasteiger partial charge in [0.2, 0.25) is 0 Å². The number of alkyl halides is 3. The SMILES string of the molecule is COC(=O)C(C(=O)OC)[C@H](C)[C@@H](NC(=O)c1ccc(C(F)(F)F)cc1)C(=O)OC. The zero-order valence-corrected chi connectivity index (χ0v) is 16.0. The average molecular weight is 419 g/mol. The van der Waals surface area contributed by atoms with Gasteiger partial charge in [0.05, 0.1) is 26.9 Å². The summed E-state index contributed by atoms with van der Waals surface area (Å²) in [5, 5.41) is 2.27. The zero-order valence-electron chi connectivity index (χ0n) is 16.0. The second-order valence-electron chi connectivity index (χ2n) is 5.93. The molecule has 0 unspecified atom stereocenters. The molecule has 0 radical (unpaired) electrons. The first-order valence-corrected chi connectivity index (χ1v) is 8.19. The van der Waals surface area contributed by atoms with E-state index in [0.717, 1.165) is 33.5 Å². The van der Waals surface area contributed by atoms with Gasteiger partial charge in [-0.3, -0.25) is 14.4 Å². The van der Waals surface area contributed by atoms with Gasteiger partial charge in [-0.05, 0) is 24.3 Å². The Bertz CT molecular complexity index is 746. The van der Waals surface area contributed by atoms with Crippen LogP contribution in [0.15, 0.2) is 24.3 Å². The first-order valence-electron chi connectivity index (χ1n) is 8.19. The summed E-state index contributed by atoms with van der Waals surface area (Å²) in [5.41, 5.74) is -1.13. The van der Waals surface area contributed by atoms with Crippen molar-refractivity contribution in [1.29, 1.82) is 0 Å². The summed E-state index contributed by atoms with van der Waals surface area (Å²) in [6.45, 7) is 1.31. The number of carbonyl (C=O) groups is 4.